The van der Waals surface area contributed by atoms with Crippen molar-refractivity contribution < 1.29 is 47.0 Å². The van der Waals surface area contributed by atoms with Gasteiger partial charge in [-0.2, -0.15) is 0 Å². The third-order valence-electron chi connectivity index (χ3n) is 2.69. The van der Waals surface area contributed by atoms with Crippen LogP contribution in [0.1, 0.15) is 0 Å². The van der Waals surface area contributed by atoms with E-state index in [2.05, 4.69) is 12.1 Å². The van der Waals surface area contributed by atoms with Crippen LogP contribution in [-0.2, 0) is 17.1 Å². The van der Waals surface area contributed by atoms with Gasteiger partial charge in [0.2, 0.25) is 0 Å². The molecule has 1 radical (unpaired) electrons. The van der Waals surface area contributed by atoms with Crippen molar-refractivity contribution in [1.29, 1.82) is 0 Å². The molecule has 0 fully saturated rings. The maximum Gasteiger partial charge on any atom is 0.141 e. The molecule has 0 atom stereocenters. The summed E-state index contributed by atoms with van der Waals surface area (Å²) in [6.07, 6.45) is 10.0. The number of halogens is 6. The van der Waals surface area contributed by atoms with Crippen molar-refractivity contribution in [3.05, 3.63) is 79.3 Å². The maximum atomic E-state index is 9.87. The summed E-state index contributed by atoms with van der Waals surface area (Å²) in [5, 5.41) is 0. The van der Waals surface area contributed by atoms with E-state index in [0.29, 0.717) is 0 Å². The number of ether oxygens (including phenoxy) is 1. The minimum atomic E-state index is -10.7. The van der Waals surface area contributed by atoms with Crippen LogP contribution in [0.3, 0.4) is 0 Å². The van der Waals surface area contributed by atoms with Crippen LogP contribution in [0.15, 0.2) is 82.6 Å². The quantitative estimate of drug-likeness (QED) is 0.186. The number of hydrogen-bond donors (Lipinski definition) is 0. The molecule has 0 unspecified atom stereocenters. The van der Waals surface area contributed by atoms with Gasteiger partial charge < -0.3 is 4.74 Å². The van der Waals surface area contributed by atoms with Gasteiger partial charge in [0.15, 0.2) is 0 Å². The average Bonchev–Trinajstić information content (AvgIpc) is 3.09. The van der Waals surface area contributed by atoms with Crippen LogP contribution in [0, 0.1) is 6.42 Å². The van der Waals surface area contributed by atoms with Crippen LogP contribution in [0.25, 0.3) is 0 Å². The molecule has 149 valence electrons. The summed E-state index contributed by atoms with van der Waals surface area (Å²) >= 11 is 1.76. The minimum Gasteiger partial charge on any atom is -0.455 e. The first-order chi connectivity index (χ1) is 11.9. The van der Waals surface area contributed by atoms with E-state index in [-0.39, 0.29) is 17.1 Å². The van der Waals surface area contributed by atoms with E-state index in [4.69, 9.17) is 4.74 Å². The molecule has 27 heavy (non-hydrogen) atoms. The number of rotatable bonds is 0. The number of fused-ring (bicyclic) bond motifs is 2. The molecule has 0 bridgehead atoms. The summed E-state index contributed by atoms with van der Waals surface area (Å²) in [6, 6.07) is 16.2. The van der Waals surface area contributed by atoms with Gasteiger partial charge in [-0.1, -0.05) is 60.3 Å². The van der Waals surface area contributed by atoms with Gasteiger partial charge in [-0.3, -0.25) is 0 Å². The zero-order valence-corrected chi connectivity index (χ0v) is 16.2. The van der Waals surface area contributed by atoms with Crippen molar-refractivity contribution in [1.82, 2.24) is 0 Å². The molecule has 2 aromatic rings. The molecule has 1 nitrogen and oxygen atoms in total. The molecule has 10 heteroatoms. The summed E-state index contributed by atoms with van der Waals surface area (Å²) in [4.78, 5) is 2.37. The van der Waals surface area contributed by atoms with Gasteiger partial charge in [-0.05, 0) is 24.3 Å². The molecular weight excluding hydrogens is 453 g/mol. The fourth-order valence-electron chi connectivity index (χ4n) is 1.80. The smallest absolute Gasteiger partial charge is 0.141 e. The number of hydrogen-bond acceptors (Lipinski definition) is 2. The molecule has 0 amide bonds. The molecule has 1 aliphatic heterocycles. The van der Waals surface area contributed by atoms with E-state index in [9.17, 15) is 25.2 Å². The molecular formula is C17H13F6FeOPS-. The first-order valence-corrected chi connectivity index (χ1v) is 10.00. The molecule has 2 aromatic carbocycles. The Morgan fingerprint density at radius 3 is 1.33 bits per heavy atom. The van der Waals surface area contributed by atoms with Gasteiger partial charge in [-0.15, -0.1) is 0 Å². The van der Waals surface area contributed by atoms with Crippen molar-refractivity contribution in [2.75, 3.05) is 0 Å². The van der Waals surface area contributed by atoms with Gasteiger partial charge in [0, 0.05) is 23.5 Å². The standard InChI is InChI=1S/C12H8OS.C5H5.F6P.Fe/c1-3-7-11-9(5-1)13-10-6-2-4-8-12(10)14-11;1-2-4-5-3-1;1-7(2,3,4,5)6;/h1-8H;1-5H;;/q;;-1;. The van der Waals surface area contributed by atoms with E-state index in [1.54, 1.807) is 11.8 Å². The van der Waals surface area contributed by atoms with E-state index >= 15 is 0 Å². The van der Waals surface area contributed by atoms with Crippen LogP contribution in [-0.4, -0.2) is 0 Å². The predicted octanol–water partition coefficient (Wildman–Crippen LogP) is 8.64. The summed E-state index contributed by atoms with van der Waals surface area (Å²) in [7, 11) is -10.7. The van der Waals surface area contributed by atoms with Crippen molar-refractivity contribution in [2.45, 2.75) is 9.79 Å². The Labute approximate surface area is 167 Å². The molecule has 0 aromatic heterocycles. The summed E-state index contributed by atoms with van der Waals surface area (Å²) in [5.41, 5.74) is 0. The first kappa shape index (κ1) is 23.6. The van der Waals surface area contributed by atoms with E-state index < -0.39 is 7.81 Å². The van der Waals surface area contributed by atoms with Gasteiger partial charge in [0.05, 0.1) is 9.79 Å². The minimum absolute atomic E-state index is 0. The molecule has 4 rings (SSSR count). The maximum absolute atomic E-state index is 10.7. The van der Waals surface area contributed by atoms with Crippen LogP contribution in [0.2, 0.25) is 0 Å². The summed E-state index contributed by atoms with van der Waals surface area (Å²) in [5.74, 6) is 1.91. The summed E-state index contributed by atoms with van der Waals surface area (Å²) in [6.45, 7) is 0. The van der Waals surface area contributed by atoms with Crippen molar-refractivity contribution in [3.63, 3.8) is 0 Å². The van der Waals surface area contributed by atoms with Crippen molar-refractivity contribution in [2.24, 2.45) is 0 Å². The van der Waals surface area contributed by atoms with Crippen LogP contribution >= 0.6 is 19.6 Å². The zero-order valence-electron chi connectivity index (χ0n) is 13.4. The van der Waals surface area contributed by atoms with Crippen LogP contribution in [0.5, 0.6) is 11.5 Å². The van der Waals surface area contributed by atoms with Gasteiger partial charge in [-0.25, -0.2) is 0 Å². The number of benzene rings is 2. The van der Waals surface area contributed by atoms with E-state index in [1.165, 1.54) is 9.79 Å². The fourth-order valence-corrected chi connectivity index (χ4v) is 2.75. The van der Waals surface area contributed by atoms with Crippen LogP contribution < -0.4 is 4.74 Å². The molecule has 1 heterocycles. The SMILES string of the molecule is F[P-](F)(F)(F)(F)F.[CH]1C=CC=C1.[Fe].c1ccc2c(c1)Oc1ccccc1S2. The number of allylic oxidation sites excluding steroid dienone is 4. The Bertz CT molecular complexity index is 728. The predicted molar refractivity (Wildman–Crippen MR) is 93.2 cm³/mol. The zero-order chi connectivity index (χ0) is 19.3. The molecule has 0 spiro atoms. The average molecular weight is 466 g/mol. The van der Waals surface area contributed by atoms with Crippen LogP contribution in [0.4, 0.5) is 25.2 Å². The normalized spacial score (nSPS) is 15.8. The molecule has 0 N–H and O–H groups in total. The third-order valence-corrected chi connectivity index (χ3v) is 3.81. The van der Waals surface area contributed by atoms with E-state index in [0.717, 1.165) is 11.5 Å². The Morgan fingerprint density at radius 2 is 1.00 bits per heavy atom. The second-order valence-corrected chi connectivity index (χ2v) is 8.02. The number of para-hydroxylation sites is 2. The van der Waals surface area contributed by atoms with E-state index in [1.807, 2.05) is 67.1 Å². The molecule has 2 aliphatic rings. The van der Waals surface area contributed by atoms with Gasteiger partial charge in [0.1, 0.15) is 11.5 Å². The molecule has 1 aliphatic carbocycles. The van der Waals surface area contributed by atoms with Gasteiger partial charge >= 0.3 is 33.0 Å². The Balaban J connectivity index is 0.000000237. The first-order valence-electron chi connectivity index (χ1n) is 7.15. The van der Waals surface area contributed by atoms with Crippen molar-refractivity contribution >= 4 is 19.6 Å². The molecule has 0 saturated carbocycles. The second kappa shape index (κ2) is 8.31. The molecule has 0 saturated heterocycles. The second-order valence-electron chi connectivity index (χ2n) is 5.02. The largest absolute Gasteiger partial charge is 0.455 e. The van der Waals surface area contributed by atoms with Gasteiger partial charge in [0.25, 0.3) is 0 Å². The Morgan fingerprint density at radius 1 is 0.630 bits per heavy atom. The van der Waals surface area contributed by atoms with Crippen molar-refractivity contribution in [3.8, 4) is 11.5 Å². The monoisotopic (exact) mass is 466 g/mol. The third kappa shape index (κ3) is 11.1. The topological polar surface area (TPSA) is 9.23 Å². The Kier molecular flexibility index (Phi) is 7.28. The Hall–Kier alpha value is -1.40. The summed E-state index contributed by atoms with van der Waals surface area (Å²) < 4.78 is 65.0. The fraction of sp³-hybridized carbons (Fsp3) is 0.